The lowest BCUT2D eigenvalue weighted by Crippen LogP contribution is -2.41. The van der Waals surface area contributed by atoms with Crippen LogP contribution in [0.4, 0.5) is 0 Å². The van der Waals surface area contributed by atoms with Crippen molar-refractivity contribution in [1.82, 2.24) is 5.48 Å². The van der Waals surface area contributed by atoms with Crippen LogP contribution in [0.5, 0.6) is 0 Å². The van der Waals surface area contributed by atoms with Gasteiger partial charge in [0.05, 0.1) is 19.1 Å². The van der Waals surface area contributed by atoms with Gasteiger partial charge in [-0.25, -0.2) is 10.3 Å². The molecule has 2 unspecified atom stereocenters. The molecule has 7 nitrogen and oxygen atoms in total. The molecule has 14 heavy (non-hydrogen) atoms. The summed E-state index contributed by atoms with van der Waals surface area (Å²) in [6.07, 6.45) is 0. The molecular weight excluding hydrogens is 192 g/mol. The Bertz CT molecular complexity index is 232. The van der Waals surface area contributed by atoms with Crippen molar-refractivity contribution in [2.75, 3.05) is 19.8 Å². The monoisotopic (exact) mass is 204 g/mol. The zero-order valence-electron chi connectivity index (χ0n) is 7.43. The molecule has 0 aliphatic carbocycles. The molecule has 1 heterocycles. The zero-order chi connectivity index (χ0) is 10.6. The maximum Gasteiger partial charge on any atom is 0.332 e. The summed E-state index contributed by atoms with van der Waals surface area (Å²) in [5.74, 6) is -2.07. The van der Waals surface area contributed by atoms with Gasteiger partial charge in [-0.15, -0.1) is 0 Å². The summed E-state index contributed by atoms with van der Waals surface area (Å²) in [5.41, 5.74) is 7.56. The van der Waals surface area contributed by atoms with E-state index in [2.05, 4.69) is 4.84 Å². The lowest BCUT2D eigenvalue weighted by atomic mass is 10.0. The van der Waals surface area contributed by atoms with Crippen LogP contribution in [0.2, 0.25) is 0 Å². The molecule has 0 aromatic heterocycles. The van der Waals surface area contributed by atoms with E-state index in [9.17, 15) is 9.59 Å². The first-order valence-corrected chi connectivity index (χ1v) is 4.08. The van der Waals surface area contributed by atoms with Crippen molar-refractivity contribution in [2.45, 2.75) is 6.04 Å². The van der Waals surface area contributed by atoms with Crippen LogP contribution < -0.4 is 11.2 Å². The highest BCUT2D eigenvalue weighted by Gasteiger charge is 2.31. The van der Waals surface area contributed by atoms with Crippen molar-refractivity contribution >= 4 is 11.9 Å². The number of carbonyl (C=O) groups excluding carboxylic acids is 1. The Labute approximate surface area is 80.1 Å². The van der Waals surface area contributed by atoms with Crippen molar-refractivity contribution in [3.63, 3.8) is 0 Å². The minimum atomic E-state index is -1.16. The Hall–Kier alpha value is -1.18. The zero-order valence-corrected chi connectivity index (χ0v) is 7.43. The third-order valence-electron chi connectivity index (χ3n) is 1.83. The van der Waals surface area contributed by atoms with Crippen LogP contribution >= 0.6 is 0 Å². The van der Waals surface area contributed by atoms with E-state index in [1.165, 1.54) is 0 Å². The number of hydroxylamine groups is 1. The Morgan fingerprint density at radius 2 is 2.29 bits per heavy atom. The summed E-state index contributed by atoms with van der Waals surface area (Å²) >= 11 is 0. The summed E-state index contributed by atoms with van der Waals surface area (Å²) < 4.78 is 4.96. The van der Waals surface area contributed by atoms with Crippen molar-refractivity contribution in [3.05, 3.63) is 0 Å². The third kappa shape index (κ3) is 2.95. The van der Waals surface area contributed by atoms with Crippen LogP contribution in [0.25, 0.3) is 0 Å². The van der Waals surface area contributed by atoms with Gasteiger partial charge in [-0.3, -0.25) is 9.63 Å². The number of aliphatic carboxylic acids is 1. The van der Waals surface area contributed by atoms with E-state index in [0.717, 1.165) is 0 Å². The Morgan fingerprint density at radius 1 is 1.57 bits per heavy atom. The van der Waals surface area contributed by atoms with E-state index in [4.69, 9.17) is 15.6 Å². The van der Waals surface area contributed by atoms with Crippen molar-refractivity contribution in [2.24, 2.45) is 11.7 Å². The number of carbonyl (C=O) groups is 2. The maximum absolute atomic E-state index is 11.2. The second kappa shape index (κ2) is 4.89. The van der Waals surface area contributed by atoms with E-state index in [0.29, 0.717) is 6.61 Å². The molecule has 4 N–H and O–H groups in total. The van der Waals surface area contributed by atoms with Crippen molar-refractivity contribution < 1.29 is 24.3 Å². The predicted molar refractivity (Wildman–Crippen MR) is 44.0 cm³/mol. The van der Waals surface area contributed by atoms with Gasteiger partial charge in [-0.1, -0.05) is 0 Å². The first kappa shape index (κ1) is 10.9. The van der Waals surface area contributed by atoms with Crippen molar-refractivity contribution in [1.29, 1.82) is 0 Å². The Kier molecular flexibility index (Phi) is 3.81. The number of amides is 1. The number of nitrogens with one attached hydrogen (secondary N) is 1. The van der Waals surface area contributed by atoms with E-state index in [-0.39, 0.29) is 12.6 Å². The average molecular weight is 204 g/mol. The van der Waals surface area contributed by atoms with E-state index in [1.807, 2.05) is 5.48 Å². The van der Waals surface area contributed by atoms with Crippen LogP contribution in [0, 0.1) is 5.92 Å². The molecule has 80 valence electrons. The quantitative estimate of drug-likeness (QED) is 0.461. The molecular formula is C7H12N2O5. The fraction of sp³-hybridized carbons (Fsp3) is 0.714. The third-order valence-corrected chi connectivity index (χ3v) is 1.83. The van der Waals surface area contributed by atoms with E-state index in [1.54, 1.807) is 0 Å². The first-order valence-electron chi connectivity index (χ1n) is 4.08. The summed E-state index contributed by atoms with van der Waals surface area (Å²) in [7, 11) is 0. The average Bonchev–Trinajstić information content (AvgIpc) is 2.50. The van der Waals surface area contributed by atoms with Crippen LogP contribution in [0.1, 0.15) is 0 Å². The van der Waals surface area contributed by atoms with Gasteiger partial charge in [0, 0.05) is 6.04 Å². The number of nitrogens with two attached hydrogens (primary N) is 1. The van der Waals surface area contributed by atoms with Crippen LogP contribution in [-0.2, 0) is 19.2 Å². The summed E-state index contributed by atoms with van der Waals surface area (Å²) in [6.45, 7) is -0.00496. The van der Waals surface area contributed by atoms with Gasteiger partial charge in [-0.2, -0.15) is 0 Å². The highest BCUT2D eigenvalue weighted by atomic mass is 16.7. The SMILES string of the molecule is NC1COCC1C(=O)NOCC(=O)O. The topological polar surface area (TPSA) is 111 Å². The van der Waals surface area contributed by atoms with Crippen LogP contribution in [-0.4, -0.2) is 42.8 Å². The molecule has 0 aromatic rings. The van der Waals surface area contributed by atoms with Crippen molar-refractivity contribution in [3.8, 4) is 0 Å². The first-order chi connectivity index (χ1) is 6.61. The summed E-state index contributed by atoms with van der Waals surface area (Å²) in [6, 6.07) is -0.358. The molecule has 1 aliphatic rings. The fourth-order valence-electron chi connectivity index (χ4n) is 1.09. The van der Waals surface area contributed by atoms with Gasteiger partial charge in [0.15, 0.2) is 6.61 Å². The molecule has 0 bridgehead atoms. The number of rotatable bonds is 4. The predicted octanol–water partition coefficient (Wildman–Crippen LogP) is -1.91. The largest absolute Gasteiger partial charge is 0.479 e. The van der Waals surface area contributed by atoms with Gasteiger partial charge in [0.2, 0.25) is 0 Å². The van der Waals surface area contributed by atoms with E-state index < -0.39 is 24.4 Å². The Balaban J connectivity index is 2.24. The molecule has 1 amide bonds. The minimum absolute atomic E-state index is 0.240. The highest BCUT2D eigenvalue weighted by molar-refractivity contribution is 5.79. The summed E-state index contributed by atoms with van der Waals surface area (Å²) in [5, 5.41) is 8.22. The molecule has 7 heteroatoms. The molecule has 1 saturated heterocycles. The van der Waals surface area contributed by atoms with Gasteiger partial charge in [0.1, 0.15) is 0 Å². The molecule has 1 aliphatic heterocycles. The number of carboxylic acids is 1. The standard InChI is InChI=1S/C7H12N2O5/c8-5-2-13-1-4(5)7(12)9-14-3-6(10)11/h4-5H,1-3,8H2,(H,9,12)(H,10,11). The molecule has 1 rings (SSSR count). The number of carboxylic acid groups (broad SMARTS) is 1. The lowest BCUT2D eigenvalue weighted by Gasteiger charge is -2.11. The van der Waals surface area contributed by atoms with Gasteiger partial charge in [0.25, 0.3) is 5.91 Å². The maximum atomic E-state index is 11.2. The lowest BCUT2D eigenvalue weighted by molar-refractivity contribution is -0.150. The number of hydrogen-bond donors (Lipinski definition) is 3. The number of hydrogen-bond acceptors (Lipinski definition) is 5. The minimum Gasteiger partial charge on any atom is -0.479 e. The molecule has 1 fully saturated rings. The number of ether oxygens (including phenoxy) is 1. The normalized spacial score (nSPS) is 26.1. The second-order valence-corrected chi connectivity index (χ2v) is 2.96. The van der Waals surface area contributed by atoms with Crippen LogP contribution in [0.15, 0.2) is 0 Å². The smallest absolute Gasteiger partial charge is 0.332 e. The molecule has 0 radical (unpaired) electrons. The fourth-order valence-corrected chi connectivity index (χ4v) is 1.09. The van der Waals surface area contributed by atoms with Gasteiger partial charge >= 0.3 is 5.97 Å². The Morgan fingerprint density at radius 3 is 2.79 bits per heavy atom. The molecule has 0 spiro atoms. The highest BCUT2D eigenvalue weighted by Crippen LogP contribution is 2.11. The summed E-state index contributed by atoms with van der Waals surface area (Å²) in [4.78, 5) is 25.7. The van der Waals surface area contributed by atoms with Gasteiger partial charge < -0.3 is 15.6 Å². The van der Waals surface area contributed by atoms with E-state index >= 15 is 0 Å². The molecule has 0 saturated carbocycles. The van der Waals surface area contributed by atoms with Crippen LogP contribution in [0.3, 0.4) is 0 Å². The second-order valence-electron chi connectivity index (χ2n) is 2.96. The molecule has 0 aromatic carbocycles. The van der Waals surface area contributed by atoms with Gasteiger partial charge in [-0.05, 0) is 0 Å². The molecule has 2 atom stereocenters.